The lowest BCUT2D eigenvalue weighted by atomic mass is 9.91. The van der Waals surface area contributed by atoms with Gasteiger partial charge in [0.25, 0.3) is 0 Å². The molecule has 0 bridgehead atoms. The zero-order valence-electron chi connectivity index (χ0n) is 22.1. The zero-order valence-corrected chi connectivity index (χ0v) is 22.9. The largest absolute Gasteiger partial charge is 0.135 e. The summed E-state index contributed by atoms with van der Waals surface area (Å²) in [5.41, 5.74) is 5.00. The molecule has 0 fully saturated rings. The van der Waals surface area contributed by atoms with Crippen molar-refractivity contribution in [2.45, 2.75) is 13.8 Å². The number of hydrogen-bond donors (Lipinski definition) is 0. The Kier molecular flexibility index (Phi) is 5.87. The molecule has 0 spiro atoms. The Balaban J connectivity index is 0.00000124. The summed E-state index contributed by atoms with van der Waals surface area (Å²) in [5, 5.41) is 10.6. The summed E-state index contributed by atoms with van der Waals surface area (Å²) in [6, 6.07) is 49.1. The molecule has 1 aromatic heterocycles. The topological polar surface area (TPSA) is 0 Å². The number of thiophene rings is 1. The molecule has 0 unspecified atom stereocenters. The molecular weight excluding hydrogens is 488 g/mol. The molecule has 8 rings (SSSR count). The Hall–Kier alpha value is -4.46. The Morgan fingerprint density at radius 1 is 0.308 bits per heavy atom. The van der Waals surface area contributed by atoms with Crippen LogP contribution in [0.25, 0.3) is 74.7 Å². The fourth-order valence-electron chi connectivity index (χ4n) is 5.87. The molecule has 0 atom stereocenters. The van der Waals surface area contributed by atoms with E-state index in [1.165, 1.54) is 74.7 Å². The van der Waals surface area contributed by atoms with Gasteiger partial charge in [-0.2, -0.15) is 0 Å². The molecule has 0 aliphatic rings. The van der Waals surface area contributed by atoms with Crippen LogP contribution in [0.3, 0.4) is 0 Å². The molecule has 39 heavy (non-hydrogen) atoms. The predicted octanol–water partition coefficient (Wildman–Crippen LogP) is 11.9. The fourth-order valence-corrected chi connectivity index (χ4v) is 6.96. The second-order valence-corrected chi connectivity index (χ2v) is 10.8. The van der Waals surface area contributed by atoms with Crippen LogP contribution >= 0.6 is 11.3 Å². The molecule has 0 saturated heterocycles. The van der Waals surface area contributed by atoms with Crippen LogP contribution in [0.4, 0.5) is 0 Å². The maximum atomic E-state index is 2.37. The summed E-state index contributed by atoms with van der Waals surface area (Å²) in [5.74, 6) is 0. The lowest BCUT2D eigenvalue weighted by molar-refractivity contribution is 1.50. The average molecular weight is 517 g/mol. The zero-order chi connectivity index (χ0) is 26.3. The second kappa shape index (κ2) is 9.69. The second-order valence-electron chi connectivity index (χ2n) is 9.74. The van der Waals surface area contributed by atoms with E-state index in [-0.39, 0.29) is 0 Å². The van der Waals surface area contributed by atoms with Crippen LogP contribution in [0.2, 0.25) is 0 Å². The van der Waals surface area contributed by atoms with Crippen LogP contribution in [0.5, 0.6) is 0 Å². The Morgan fingerprint density at radius 3 is 1.38 bits per heavy atom. The highest BCUT2D eigenvalue weighted by Crippen LogP contribution is 2.39. The summed E-state index contributed by atoms with van der Waals surface area (Å²) in [6.45, 7) is 4.00. The number of fused-ring (bicyclic) bond motifs is 9. The Bertz CT molecular complexity index is 2110. The lowest BCUT2D eigenvalue weighted by Gasteiger charge is -2.12. The molecule has 7 aromatic carbocycles. The molecule has 0 aliphatic carbocycles. The van der Waals surface area contributed by atoms with Gasteiger partial charge in [0.15, 0.2) is 0 Å². The average Bonchev–Trinajstić information content (AvgIpc) is 3.40. The van der Waals surface area contributed by atoms with Crippen molar-refractivity contribution >= 4 is 63.8 Å². The van der Waals surface area contributed by atoms with E-state index in [0.29, 0.717) is 0 Å². The van der Waals surface area contributed by atoms with Crippen molar-refractivity contribution < 1.29 is 0 Å². The molecule has 0 N–H and O–H groups in total. The molecule has 0 amide bonds. The SMILES string of the molecule is CC.c1cc(-c2ccc3sc4ccccc4c3c2)cc(-c2ccc3c4ccccc4c4ccccc4c3c2)c1. The molecule has 0 nitrogen and oxygen atoms in total. The quantitative estimate of drug-likeness (QED) is 0.200. The Labute approximate surface area is 232 Å². The van der Waals surface area contributed by atoms with Crippen LogP contribution in [-0.2, 0) is 0 Å². The minimum atomic E-state index is 1.24. The van der Waals surface area contributed by atoms with Gasteiger partial charge in [-0.05, 0) is 84.9 Å². The monoisotopic (exact) mass is 516 g/mol. The van der Waals surface area contributed by atoms with Gasteiger partial charge in [0, 0.05) is 20.2 Å². The highest BCUT2D eigenvalue weighted by molar-refractivity contribution is 7.25. The van der Waals surface area contributed by atoms with Crippen LogP contribution in [0, 0.1) is 0 Å². The number of rotatable bonds is 2. The minimum absolute atomic E-state index is 1.24. The smallest absolute Gasteiger partial charge is 0.0355 e. The first-order chi connectivity index (χ1) is 19.3. The van der Waals surface area contributed by atoms with Crippen molar-refractivity contribution in [2.24, 2.45) is 0 Å². The van der Waals surface area contributed by atoms with Gasteiger partial charge in [0.05, 0.1) is 0 Å². The van der Waals surface area contributed by atoms with E-state index in [4.69, 9.17) is 0 Å². The van der Waals surface area contributed by atoms with Gasteiger partial charge in [-0.25, -0.2) is 0 Å². The number of hydrogen-bond acceptors (Lipinski definition) is 1. The van der Waals surface area contributed by atoms with E-state index in [2.05, 4.69) is 133 Å². The predicted molar refractivity (Wildman–Crippen MR) is 174 cm³/mol. The fraction of sp³-hybridized carbons (Fsp3) is 0.0526. The molecule has 0 radical (unpaired) electrons. The standard InChI is InChI=1S/C36H22S.C2H6/c1-2-12-29-27(10-1)28-11-3-4-13-30(28)33-21-25(16-18-31(29)33)23-8-7-9-24(20-23)26-17-19-36-34(22-26)32-14-5-6-15-35(32)37-36;1-2/h1-22H;1-2H3. The van der Waals surface area contributed by atoms with Gasteiger partial charge >= 0.3 is 0 Å². The molecule has 0 aliphatic heterocycles. The van der Waals surface area contributed by atoms with Crippen molar-refractivity contribution in [3.8, 4) is 22.3 Å². The first kappa shape index (κ1) is 23.6. The first-order valence-corrected chi connectivity index (χ1v) is 14.5. The van der Waals surface area contributed by atoms with Crippen molar-refractivity contribution in [1.82, 2.24) is 0 Å². The van der Waals surface area contributed by atoms with Crippen molar-refractivity contribution in [3.63, 3.8) is 0 Å². The van der Waals surface area contributed by atoms with E-state index in [1.807, 2.05) is 25.2 Å². The normalized spacial score (nSPS) is 11.3. The molecule has 186 valence electrons. The van der Waals surface area contributed by atoms with Crippen LogP contribution < -0.4 is 0 Å². The highest BCUT2D eigenvalue weighted by Gasteiger charge is 2.11. The van der Waals surface area contributed by atoms with Crippen LogP contribution in [0.1, 0.15) is 13.8 Å². The molecular formula is C38H28S. The maximum Gasteiger partial charge on any atom is 0.0355 e. The van der Waals surface area contributed by atoms with Gasteiger partial charge < -0.3 is 0 Å². The van der Waals surface area contributed by atoms with Gasteiger partial charge in [0.2, 0.25) is 0 Å². The summed E-state index contributed by atoms with van der Waals surface area (Å²) >= 11 is 1.87. The third-order valence-corrected chi connectivity index (χ3v) is 8.80. The molecule has 0 saturated carbocycles. The van der Waals surface area contributed by atoms with E-state index in [0.717, 1.165) is 0 Å². The molecule has 1 heteroatoms. The van der Waals surface area contributed by atoms with Gasteiger partial charge in [-0.3, -0.25) is 0 Å². The van der Waals surface area contributed by atoms with E-state index < -0.39 is 0 Å². The Morgan fingerprint density at radius 2 is 0.744 bits per heavy atom. The third kappa shape index (κ3) is 3.90. The highest BCUT2D eigenvalue weighted by atomic mass is 32.1. The summed E-state index contributed by atoms with van der Waals surface area (Å²) in [6.07, 6.45) is 0. The minimum Gasteiger partial charge on any atom is -0.135 e. The maximum absolute atomic E-state index is 2.37. The molecule has 8 aromatic rings. The van der Waals surface area contributed by atoms with Crippen molar-refractivity contribution in [2.75, 3.05) is 0 Å². The summed E-state index contributed by atoms with van der Waals surface area (Å²) in [4.78, 5) is 0. The first-order valence-electron chi connectivity index (χ1n) is 13.7. The van der Waals surface area contributed by atoms with Crippen molar-refractivity contribution in [1.29, 1.82) is 0 Å². The summed E-state index contributed by atoms with van der Waals surface area (Å²) in [7, 11) is 0. The van der Waals surface area contributed by atoms with Crippen molar-refractivity contribution in [3.05, 3.63) is 133 Å². The van der Waals surface area contributed by atoms with E-state index in [1.54, 1.807) is 0 Å². The van der Waals surface area contributed by atoms with Gasteiger partial charge in [0.1, 0.15) is 0 Å². The van der Waals surface area contributed by atoms with E-state index in [9.17, 15) is 0 Å². The molecule has 1 heterocycles. The van der Waals surface area contributed by atoms with Gasteiger partial charge in [-0.1, -0.05) is 117 Å². The van der Waals surface area contributed by atoms with Gasteiger partial charge in [-0.15, -0.1) is 11.3 Å². The summed E-state index contributed by atoms with van der Waals surface area (Å²) < 4.78 is 2.69. The third-order valence-electron chi connectivity index (χ3n) is 7.65. The van der Waals surface area contributed by atoms with Crippen LogP contribution in [0.15, 0.2) is 133 Å². The number of benzene rings is 7. The van der Waals surface area contributed by atoms with E-state index >= 15 is 0 Å². The lowest BCUT2D eigenvalue weighted by Crippen LogP contribution is -1.85. The van der Waals surface area contributed by atoms with Crippen LogP contribution in [-0.4, -0.2) is 0 Å².